The zero-order valence-electron chi connectivity index (χ0n) is 11.8. The van der Waals surface area contributed by atoms with Crippen LogP contribution in [0.1, 0.15) is 43.4 Å². The molecule has 0 fully saturated rings. The van der Waals surface area contributed by atoms with Crippen molar-refractivity contribution in [2.45, 2.75) is 39.7 Å². The third-order valence-electron chi connectivity index (χ3n) is 3.54. The average molecular weight is 282 g/mol. The molecule has 0 unspecified atom stereocenters. The lowest BCUT2D eigenvalue weighted by Crippen LogP contribution is -2.43. The summed E-state index contributed by atoms with van der Waals surface area (Å²) in [5.41, 5.74) is 3.67. The lowest BCUT2D eigenvalue weighted by atomic mass is 9.94. The van der Waals surface area contributed by atoms with Crippen molar-refractivity contribution in [2.24, 2.45) is 0 Å². The van der Waals surface area contributed by atoms with E-state index in [9.17, 15) is 8.42 Å². The van der Waals surface area contributed by atoms with Gasteiger partial charge in [0.25, 0.3) is 10.2 Å². The minimum absolute atomic E-state index is 0.428. The van der Waals surface area contributed by atoms with Crippen molar-refractivity contribution < 1.29 is 8.42 Å². The van der Waals surface area contributed by atoms with Gasteiger partial charge in [0.1, 0.15) is 0 Å². The second-order valence-electron chi connectivity index (χ2n) is 5.27. The molecule has 0 bridgehead atoms. The van der Waals surface area contributed by atoms with Crippen molar-refractivity contribution >= 4 is 10.2 Å². The van der Waals surface area contributed by atoms with E-state index in [0.717, 1.165) is 12.0 Å². The Bertz CT molecular complexity index is 553. The van der Waals surface area contributed by atoms with Gasteiger partial charge in [-0.3, -0.25) is 0 Å². The third-order valence-corrected chi connectivity index (χ3v) is 5.19. The molecule has 1 heterocycles. The number of hydrogen-bond acceptors (Lipinski definition) is 2. The number of hydrogen-bond donors (Lipinski definition) is 1. The number of nitrogens with zero attached hydrogens (tertiary/aromatic N) is 1. The minimum atomic E-state index is -3.33. The summed E-state index contributed by atoms with van der Waals surface area (Å²) < 4.78 is 28.1. The first-order valence-corrected chi connectivity index (χ1v) is 8.24. The maximum atomic E-state index is 12.0. The van der Waals surface area contributed by atoms with E-state index in [1.165, 1.54) is 15.4 Å². The van der Waals surface area contributed by atoms with Gasteiger partial charge in [0, 0.05) is 19.6 Å². The molecule has 19 heavy (non-hydrogen) atoms. The van der Waals surface area contributed by atoms with Crippen LogP contribution >= 0.6 is 0 Å². The van der Waals surface area contributed by atoms with Crippen molar-refractivity contribution in [2.75, 3.05) is 13.1 Å². The fourth-order valence-electron chi connectivity index (χ4n) is 2.39. The Kier molecular flexibility index (Phi) is 4.28. The Balaban J connectivity index is 2.25. The second kappa shape index (κ2) is 5.61. The Hall–Kier alpha value is -0.910. The van der Waals surface area contributed by atoms with E-state index in [4.69, 9.17) is 0 Å². The van der Waals surface area contributed by atoms with Gasteiger partial charge in [0.2, 0.25) is 0 Å². The number of rotatable bonds is 4. The summed E-state index contributed by atoms with van der Waals surface area (Å²) in [5, 5.41) is 0. The molecule has 1 aromatic carbocycles. The van der Waals surface area contributed by atoms with Gasteiger partial charge in [-0.15, -0.1) is 0 Å². The highest BCUT2D eigenvalue weighted by Crippen LogP contribution is 2.25. The Labute approximate surface area is 116 Å². The van der Waals surface area contributed by atoms with Gasteiger partial charge in [-0.25, -0.2) is 4.72 Å². The average Bonchev–Trinajstić information content (AvgIpc) is 2.37. The molecule has 0 saturated heterocycles. The number of fused-ring (bicyclic) bond motifs is 1. The van der Waals surface area contributed by atoms with Crippen LogP contribution in [0.5, 0.6) is 0 Å². The van der Waals surface area contributed by atoms with Gasteiger partial charge in [-0.1, -0.05) is 39.0 Å². The quantitative estimate of drug-likeness (QED) is 0.918. The van der Waals surface area contributed by atoms with Crippen LogP contribution in [0.3, 0.4) is 0 Å². The van der Waals surface area contributed by atoms with E-state index in [1.807, 2.05) is 0 Å². The minimum Gasteiger partial charge on any atom is -0.202 e. The monoisotopic (exact) mass is 282 g/mol. The zero-order valence-corrected chi connectivity index (χ0v) is 12.6. The number of benzene rings is 1. The molecule has 4 nitrogen and oxygen atoms in total. The first-order chi connectivity index (χ1) is 8.94. The summed E-state index contributed by atoms with van der Waals surface area (Å²) >= 11 is 0. The van der Waals surface area contributed by atoms with E-state index in [2.05, 4.69) is 36.8 Å². The summed E-state index contributed by atoms with van der Waals surface area (Å²) in [6, 6.07) is 6.44. The Morgan fingerprint density at radius 1 is 1.32 bits per heavy atom. The largest absolute Gasteiger partial charge is 0.279 e. The molecule has 1 N–H and O–H groups in total. The van der Waals surface area contributed by atoms with E-state index in [-0.39, 0.29) is 0 Å². The summed E-state index contributed by atoms with van der Waals surface area (Å²) in [6.45, 7) is 7.56. The van der Waals surface area contributed by atoms with Crippen molar-refractivity contribution in [1.82, 2.24) is 9.03 Å². The fourth-order valence-corrected chi connectivity index (χ4v) is 3.58. The highest BCUT2D eigenvalue weighted by atomic mass is 32.2. The fraction of sp³-hybridized carbons (Fsp3) is 0.571. The third kappa shape index (κ3) is 3.16. The Morgan fingerprint density at radius 2 is 2.05 bits per heavy atom. The smallest absolute Gasteiger partial charge is 0.202 e. The highest BCUT2D eigenvalue weighted by molar-refractivity contribution is 7.87. The molecule has 0 atom stereocenters. The molecule has 106 valence electrons. The molecular formula is C14H22N2O2S. The molecule has 0 radical (unpaired) electrons. The molecule has 0 aromatic heterocycles. The van der Waals surface area contributed by atoms with Crippen molar-refractivity contribution in [3.8, 4) is 0 Å². The number of nitrogens with one attached hydrogen (secondary N) is 1. The molecule has 0 amide bonds. The van der Waals surface area contributed by atoms with Crippen LogP contribution in [-0.4, -0.2) is 25.8 Å². The van der Waals surface area contributed by atoms with Gasteiger partial charge in [-0.2, -0.15) is 12.7 Å². The first kappa shape index (κ1) is 14.5. The van der Waals surface area contributed by atoms with Crippen LogP contribution in [0.2, 0.25) is 0 Å². The molecule has 1 aliphatic rings. The van der Waals surface area contributed by atoms with E-state index in [0.29, 0.717) is 25.6 Å². The highest BCUT2D eigenvalue weighted by Gasteiger charge is 2.26. The summed E-state index contributed by atoms with van der Waals surface area (Å²) in [4.78, 5) is 0. The lowest BCUT2D eigenvalue weighted by Gasteiger charge is -2.28. The second-order valence-corrected chi connectivity index (χ2v) is 7.02. The van der Waals surface area contributed by atoms with Crippen LogP contribution in [-0.2, 0) is 23.2 Å². The standard InChI is InChI=1S/C14H22N2O2S/c1-4-15-19(17,18)16-8-7-12-5-6-13(11(2)3)9-14(12)10-16/h5-6,9,11,15H,4,7-8,10H2,1-3H3. The van der Waals surface area contributed by atoms with Crippen LogP contribution in [0.25, 0.3) is 0 Å². The normalized spacial score (nSPS) is 16.6. The van der Waals surface area contributed by atoms with Gasteiger partial charge in [0.05, 0.1) is 0 Å². The molecule has 0 saturated carbocycles. The van der Waals surface area contributed by atoms with Crippen molar-refractivity contribution in [1.29, 1.82) is 0 Å². The zero-order chi connectivity index (χ0) is 14.0. The summed E-state index contributed by atoms with van der Waals surface area (Å²) in [7, 11) is -3.33. The Morgan fingerprint density at radius 3 is 2.68 bits per heavy atom. The lowest BCUT2D eigenvalue weighted by molar-refractivity contribution is 0.384. The van der Waals surface area contributed by atoms with Gasteiger partial charge in [-0.05, 0) is 29.0 Å². The van der Waals surface area contributed by atoms with Crippen molar-refractivity contribution in [3.63, 3.8) is 0 Å². The molecular weight excluding hydrogens is 260 g/mol. The SMILES string of the molecule is CCNS(=O)(=O)N1CCc2ccc(C(C)C)cc2C1. The van der Waals surface area contributed by atoms with Crippen LogP contribution in [0, 0.1) is 0 Å². The maximum absolute atomic E-state index is 12.0. The van der Waals surface area contributed by atoms with Crippen molar-refractivity contribution in [3.05, 3.63) is 34.9 Å². The summed E-state index contributed by atoms with van der Waals surface area (Å²) in [6.07, 6.45) is 0.790. The van der Waals surface area contributed by atoms with E-state index in [1.54, 1.807) is 6.92 Å². The maximum Gasteiger partial charge on any atom is 0.279 e. The molecule has 0 aliphatic carbocycles. The summed E-state index contributed by atoms with van der Waals surface area (Å²) in [5.74, 6) is 0.464. The molecule has 0 spiro atoms. The topological polar surface area (TPSA) is 49.4 Å². The van der Waals surface area contributed by atoms with Gasteiger partial charge >= 0.3 is 0 Å². The predicted molar refractivity (Wildman–Crippen MR) is 77.2 cm³/mol. The molecule has 1 aromatic rings. The van der Waals surface area contributed by atoms with Crippen LogP contribution in [0.15, 0.2) is 18.2 Å². The van der Waals surface area contributed by atoms with Gasteiger partial charge in [0.15, 0.2) is 0 Å². The van der Waals surface area contributed by atoms with Crippen LogP contribution in [0.4, 0.5) is 0 Å². The van der Waals surface area contributed by atoms with Gasteiger partial charge < -0.3 is 0 Å². The molecule has 2 rings (SSSR count). The molecule has 5 heteroatoms. The van der Waals surface area contributed by atoms with E-state index >= 15 is 0 Å². The molecule has 1 aliphatic heterocycles. The predicted octanol–water partition coefficient (Wildman–Crippen LogP) is 2.02. The van der Waals surface area contributed by atoms with Crippen LogP contribution < -0.4 is 4.72 Å². The first-order valence-electron chi connectivity index (χ1n) is 6.80. The van der Waals surface area contributed by atoms with E-state index < -0.39 is 10.2 Å².